The molecule has 0 spiro atoms. The van der Waals surface area contributed by atoms with Crippen LogP contribution in [0.5, 0.6) is 5.75 Å². The SMILES string of the molecule is Cc1cc([C@@H]2N[C@@H](c3ccccc3)[C@@H](c3ccccc3)OC2=O)cc(C)c1O. The molecule has 0 unspecified atom stereocenters. The van der Waals surface area contributed by atoms with Crippen molar-refractivity contribution in [1.29, 1.82) is 0 Å². The van der Waals surface area contributed by atoms with Gasteiger partial charge in [0.25, 0.3) is 0 Å². The van der Waals surface area contributed by atoms with E-state index in [1.165, 1.54) is 0 Å². The molecule has 1 saturated heterocycles. The second-order valence-corrected chi connectivity index (χ2v) is 7.26. The molecule has 0 aromatic heterocycles. The van der Waals surface area contributed by atoms with Crippen LogP contribution >= 0.6 is 0 Å². The lowest BCUT2D eigenvalue weighted by atomic mass is 9.91. The van der Waals surface area contributed by atoms with Crippen LogP contribution in [0.3, 0.4) is 0 Å². The number of carbonyl (C=O) groups is 1. The van der Waals surface area contributed by atoms with Crippen LogP contribution < -0.4 is 5.32 Å². The summed E-state index contributed by atoms with van der Waals surface area (Å²) in [7, 11) is 0. The van der Waals surface area contributed by atoms with E-state index in [-0.39, 0.29) is 17.8 Å². The molecule has 1 heterocycles. The number of esters is 1. The summed E-state index contributed by atoms with van der Waals surface area (Å²) in [6.07, 6.45) is -0.411. The molecule has 1 aliphatic rings. The highest BCUT2D eigenvalue weighted by atomic mass is 16.5. The first kappa shape index (κ1) is 18.3. The summed E-state index contributed by atoms with van der Waals surface area (Å²) in [6.45, 7) is 3.67. The third-order valence-corrected chi connectivity index (χ3v) is 5.26. The number of phenolic OH excluding ortho intramolecular Hbond substituents is 1. The number of rotatable bonds is 3. The molecule has 4 rings (SSSR count). The quantitative estimate of drug-likeness (QED) is 0.655. The van der Waals surface area contributed by atoms with Crippen molar-refractivity contribution in [2.24, 2.45) is 0 Å². The van der Waals surface area contributed by atoms with Crippen molar-refractivity contribution in [2.75, 3.05) is 0 Å². The van der Waals surface area contributed by atoms with E-state index < -0.39 is 12.1 Å². The van der Waals surface area contributed by atoms with Crippen LogP contribution in [0.1, 0.15) is 46.0 Å². The molecule has 0 aliphatic carbocycles. The Morgan fingerprint density at radius 1 is 0.821 bits per heavy atom. The van der Waals surface area contributed by atoms with E-state index in [1.54, 1.807) is 0 Å². The van der Waals surface area contributed by atoms with E-state index in [2.05, 4.69) is 5.32 Å². The van der Waals surface area contributed by atoms with Crippen molar-refractivity contribution in [3.05, 3.63) is 101 Å². The second-order valence-electron chi connectivity index (χ2n) is 7.26. The van der Waals surface area contributed by atoms with Gasteiger partial charge in [-0.25, -0.2) is 4.79 Å². The van der Waals surface area contributed by atoms with Gasteiger partial charge in [-0.15, -0.1) is 0 Å². The molecule has 28 heavy (non-hydrogen) atoms. The minimum Gasteiger partial charge on any atom is -0.507 e. The van der Waals surface area contributed by atoms with Crippen LogP contribution in [0.25, 0.3) is 0 Å². The minimum absolute atomic E-state index is 0.180. The number of cyclic esters (lactones) is 1. The van der Waals surface area contributed by atoms with Crippen LogP contribution in [-0.4, -0.2) is 11.1 Å². The van der Waals surface area contributed by atoms with Gasteiger partial charge in [0.15, 0.2) is 0 Å². The Kier molecular flexibility index (Phi) is 4.88. The molecule has 4 nitrogen and oxygen atoms in total. The molecular weight excluding hydrogens is 350 g/mol. The molecule has 0 radical (unpaired) electrons. The van der Waals surface area contributed by atoms with Gasteiger partial charge < -0.3 is 9.84 Å². The fourth-order valence-corrected chi connectivity index (χ4v) is 3.82. The lowest BCUT2D eigenvalue weighted by molar-refractivity contribution is -0.161. The average Bonchev–Trinajstić information content (AvgIpc) is 2.72. The average molecular weight is 373 g/mol. The molecule has 0 amide bonds. The van der Waals surface area contributed by atoms with Gasteiger partial charge in [-0.2, -0.15) is 0 Å². The molecule has 0 saturated carbocycles. The van der Waals surface area contributed by atoms with Crippen molar-refractivity contribution < 1.29 is 14.6 Å². The van der Waals surface area contributed by atoms with E-state index >= 15 is 0 Å². The van der Waals surface area contributed by atoms with Gasteiger partial charge in [0, 0.05) is 0 Å². The summed E-state index contributed by atoms with van der Waals surface area (Å²) in [4.78, 5) is 12.9. The molecule has 3 atom stereocenters. The lowest BCUT2D eigenvalue weighted by Crippen LogP contribution is -2.43. The Hall–Kier alpha value is -3.11. The van der Waals surface area contributed by atoms with E-state index in [9.17, 15) is 9.90 Å². The Morgan fingerprint density at radius 3 is 1.93 bits per heavy atom. The summed E-state index contributed by atoms with van der Waals surface area (Å²) in [6, 6.07) is 22.7. The zero-order valence-corrected chi connectivity index (χ0v) is 15.9. The Balaban J connectivity index is 1.74. The summed E-state index contributed by atoms with van der Waals surface area (Å²) in [5.41, 5.74) is 4.29. The number of benzene rings is 3. The number of aromatic hydroxyl groups is 1. The molecule has 3 aromatic rings. The standard InChI is InChI=1S/C24H23NO3/c1-15-13-19(14-16(2)22(15)26)21-24(27)28-23(18-11-7-4-8-12-18)20(25-21)17-9-5-3-6-10-17/h3-14,20-21,23,25-26H,1-2H3/t20-,21-,23+/m0/s1. The number of aryl methyl sites for hydroxylation is 2. The maximum atomic E-state index is 12.9. The minimum atomic E-state index is -0.594. The summed E-state index contributed by atoms with van der Waals surface area (Å²) in [5.74, 6) is -0.0553. The lowest BCUT2D eigenvalue weighted by Gasteiger charge is -2.37. The van der Waals surface area contributed by atoms with Gasteiger partial charge in [-0.05, 0) is 41.7 Å². The van der Waals surface area contributed by atoms with Gasteiger partial charge in [0.2, 0.25) is 0 Å². The van der Waals surface area contributed by atoms with E-state index in [4.69, 9.17) is 4.74 Å². The molecule has 142 valence electrons. The number of phenols is 1. The van der Waals surface area contributed by atoms with Crippen molar-refractivity contribution in [2.45, 2.75) is 32.0 Å². The molecule has 4 heteroatoms. The van der Waals surface area contributed by atoms with Gasteiger partial charge >= 0.3 is 5.97 Å². The summed E-state index contributed by atoms with van der Waals surface area (Å²) in [5, 5.41) is 13.6. The molecular formula is C24H23NO3. The van der Waals surface area contributed by atoms with Crippen LogP contribution in [0, 0.1) is 13.8 Å². The van der Waals surface area contributed by atoms with E-state index in [0.29, 0.717) is 0 Å². The highest BCUT2D eigenvalue weighted by molar-refractivity contribution is 5.79. The molecule has 1 aliphatic heterocycles. The van der Waals surface area contributed by atoms with Crippen LogP contribution in [-0.2, 0) is 9.53 Å². The van der Waals surface area contributed by atoms with Crippen molar-refractivity contribution in [1.82, 2.24) is 5.32 Å². The normalized spacial score (nSPS) is 21.9. The van der Waals surface area contributed by atoms with Gasteiger partial charge in [-0.3, -0.25) is 5.32 Å². The fourth-order valence-electron chi connectivity index (χ4n) is 3.82. The fraction of sp³-hybridized carbons (Fsp3) is 0.208. The van der Waals surface area contributed by atoms with Crippen LogP contribution in [0.15, 0.2) is 72.8 Å². The molecule has 0 bridgehead atoms. The van der Waals surface area contributed by atoms with Crippen LogP contribution in [0.4, 0.5) is 0 Å². The summed E-state index contributed by atoms with van der Waals surface area (Å²) >= 11 is 0. The van der Waals surface area contributed by atoms with Crippen molar-refractivity contribution in [3.8, 4) is 5.75 Å². The van der Waals surface area contributed by atoms with E-state index in [0.717, 1.165) is 27.8 Å². The molecule has 2 N–H and O–H groups in total. The smallest absolute Gasteiger partial charge is 0.328 e. The van der Waals surface area contributed by atoms with Crippen LogP contribution in [0.2, 0.25) is 0 Å². The predicted molar refractivity (Wildman–Crippen MR) is 108 cm³/mol. The number of hydrogen-bond donors (Lipinski definition) is 2. The third kappa shape index (κ3) is 3.39. The predicted octanol–water partition coefficient (Wildman–Crippen LogP) is 4.68. The third-order valence-electron chi connectivity index (χ3n) is 5.26. The highest BCUT2D eigenvalue weighted by Gasteiger charge is 2.39. The van der Waals surface area contributed by atoms with Crippen molar-refractivity contribution >= 4 is 5.97 Å². The Labute approximate surface area is 164 Å². The second kappa shape index (κ2) is 7.49. The highest BCUT2D eigenvalue weighted by Crippen LogP contribution is 2.40. The Morgan fingerprint density at radius 2 is 1.36 bits per heavy atom. The number of carbonyl (C=O) groups excluding carboxylic acids is 1. The van der Waals surface area contributed by atoms with Crippen molar-refractivity contribution in [3.63, 3.8) is 0 Å². The zero-order valence-electron chi connectivity index (χ0n) is 15.9. The first-order chi connectivity index (χ1) is 13.5. The topological polar surface area (TPSA) is 58.6 Å². The number of morpholine rings is 1. The maximum absolute atomic E-state index is 12.9. The Bertz CT molecular complexity index is 962. The van der Waals surface area contributed by atoms with E-state index in [1.807, 2.05) is 86.6 Å². The monoisotopic (exact) mass is 373 g/mol. The number of hydrogen-bond acceptors (Lipinski definition) is 4. The summed E-state index contributed by atoms with van der Waals surface area (Å²) < 4.78 is 5.95. The van der Waals surface area contributed by atoms with Gasteiger partial charge in [-0.1, -0.05) is 72.8 Å². The first-order valence-electron chi connectivity index (χ1n) is 9.41. The van der Waals surface area contributed by atoms with Gasteiger partial charge in [0.1, 0.15) is 17.9 Å². The molecule has 1 fully saturated rings. The maximum Gasteiger partial charge on any atom is 0.328 e. The van der Waals surface area contributed by atoms with Gasteiger partial charge in [0.05, 0.1) is 6.04 Å². The largest absolute Gasteiger partial charge is 0.507 e. The number of nitrogens with one attached hydrogen (secondary N) is 1. The first-order valence-corrected chi connectivity index (χ1v) is 9.41. The number of ether oxygens (including phenoxy) is 1. The molecule has 3 aromatic carbocycles. The zero-order chi connectivity index (χ0) is 19.7.